The Bertz CT molecular complexity index is 1970. The summed E-state index contributed by atoms with van der Waals surface area (Å²) in [5.74, 6) is -3.60. The van der Waals surface area contributed by atoms with E-state index in [-0.39, 0.29) is 43.4 Å². The first-order valence-corrected chi connectivity index (χ1v) is 19.2. The summed E-state index contributed by atoms with van der Waals surface area (Å²) in [6.07, 6.45) is -0.455. The molecule has 2 heterocycles. The van der Waals surface area contributed by atoms with Crippen LogP contribution in [0.4, 0.5) is 19.7 Å². The molecule has 310 valence electrons. The number of anilines is 1. The molecule has 0 aliphatic carbocycles. The third kappa shape index (κ3) is 11.3. The minimum Gasteiger partial charge on any atom is -0.445 e. The zero-order valence-electron chi connectivity index (χ0n) is 33.3. The van der Waals surface area contributed by atoms with Gasteiger partial charge in [-0.05, 0) is 81.3 Å². The molecule has 0 bridgehead atoms. The van der Waals surface area contributed by atoms with Gasteiger partial charge in [-0.3, -0.25) is 24.1 Å². The van der Waals surface area contributed by atoms with Crippen LogP contribution in [0.3, 0.4) is 0 Å². The van der Waals surface area contributed by atoms with Crippen molar-refractivity contribution >= 4 is 41.5 Å². The normalized spacial score (nSPS) is 16.2. The molecule has 3 aromatic rings. The highest BCUT2D eigenvalue weighted by Gasteiger charge is 2.44. The molecule has 1 unspecified atom stereocenters. The van der Waals surface area contributed by atoms with Crippen LogP contribution in [0.1, 0.15) is 73.6 Å². The van der Waals surface area contributed by atoms with Gasteiger partial charge in [0.25, 0.3) is 11.8 Å². The lowest BCUT2D eigenvalue weighted by molar-refractivity contribution is -0.144. The molecule has 1 fully saturated rings. The molecule has 1 saturated heterocycles. The Morgan fingerprint density at radius 2 is 1.60 bits per heavy atom. The first-order chi connectivity index (χ1) is 27.6. The quantitative estimate of drug-likeness (QED) is 0.179. The molecule has 2 aliphatic rings. The smallest absolute Gasteiger partial charge is 0.410 e. The lowest BCUT2D eigenvalue weighted by atomic mass is 9.90. The van der Waals surface area contributed by atoms with E-state index < -0.39 is 65.4 Å². The van der Waals surface area contributed by atoms with Gasteiger partial charge in [0.05, 0.1) is 5.69 Å². The highest BCUT2D eigenvalue weighted by atomic mass is 19.1. The Kier molecular flexibility index (Phi) is 14.4. The third-order valence-electron chi connectivity index (χ3n) is 9.86. The minimum absolute atomic E-state index is 0.0365. The van der Waals surface area contributed by atoms with Gasteiger partial charge in [-0.15, -0.1) is 0 Å². The standard InChI is InChI=1S/C42H51FN6O9/c1-26(48(5)41(55)58-42(2,3)4)36(50)47-34(28-17-21-56-22-18-28)39(53)49-24-30-13-9-10-14-31(30)35(49)38(52)46-33-23-29(15-16-32(33)43)37(51)44-19-20-45-40(54)57-25-27-11-7-6-8-12-27/h6-16,23,26,28,34-35H,17-22,24-25H2,1-5H3,(H,44,51)(H,45,54)(H,46,52)(H,47,50)/t26-,34?,35-/m0/s1. The summed E-state index contributed by atoms with van der Waals surface area (Å²) in [6.45, 7) is 7.61. The van der Waals surface area contributed by atoms with E-state index in [9.17, 15) is 28.8 Å². The summed E-state index contributed by atoms with van der Waals surface area (Å²) in [7, 11) is 1.43. The number of nitrogens with zero attached hydrogens (tertiary/aromatic N) is 2. The molecule has 0 spiro atoms. The fourth-order valence-corrected chi connectivity index (χ4v) is 6.61. The molecular formula is C42H51FN6O9. The van der Waals surface area contributed by atoms with Gasteiger partial charge in [0.15, 0.2) is 0 Å². The van der Waals surface area contributed by atoms with E-state index in [0.29, 0.717) is 37.2 Å². The van der Waals surface area contributed by atoms with Crippen molar-refractivity contribution in [3.8, 4) is 0 Å². The number of hydrogen-bond donors (Lipinski definition) is 4. The lowest BCUT2D eigenvalue weighted by Gasteiger charge is -2.36. The zero-order chi connectivity index (χ0) is 42.0. The maximum absolute atomic E-state index is 15.2. The first-order valence-electron chi connectivity index (χ1n) is 19.2. The molecule has 4 N–H and O–H groups in total. The number of benzene rings is 3. The Labute approximate surface area is 336 Å². The van der Waals surface area contributed by atoms with Gasteiger partial charge in [0.1, 0.15) is 36.2 Å². The molecule has 0 radical (unpaired) electrons. The van der Waals surface area contributed by atoms with Crippen LogP contribution >= 0.6 is 0 Å². The van der Waals surface area contributed by atoms with E-state index in [1.165, 1.54) is 31.0 Å². The number of alkyl carbamates (subject to hydrolysis) is 1. The van der Waals surface area contributed by atoms with Crippen LogP contribution in [-0.2, 0) is 41.7 Å². The van der Waals surface area contributed by atoms with Crippen molar-refractivity contribution in [3.63, 3.8) is 0 Å². The van der Waals surface area contributed by atoms with E-state index in [4.69, 9.17) is 14.2 Å². The van der Waals surface area contributed by atoms with Gasteiger partial charge in [-0.25, -0.2) is 14.0 Å². The Balaban J connectivity index is 1.27. The van der Waals surface area contributed by atoms with Crippen LogP contribution in [0.25, 0.3) is 0 Å². The van der Waals surface area contributed by atoms with Gasteiger partial charge in [-0.2, -0.15) is 0 Å². The van der Waals surface area contributed by atoms with Crippen LogP contribution < -0.4 is 21.3 Å². The summed E-state index contributed by atoms with van der Waals surface area (Å²) < 4.78 is 31.4. The van der Waals surface area contributed by atoms with Crippen LogP contribution in [0.15, 0.2) is 72.8 Å². The SMILES string of the molecule is C[C@@H](C(=O)NC(C(=O)N1Cc2ccccc2[C@H]1C(=O)Nc1cc(C(=O)NCCNC(=O)OCc2ccccc2)ccc1F)C1CCOCC1)N(C)C(=O)OC(C)(C)C. The van der Waals surface area contributed by atoms with Gasteiger partial charge in [0.2, 0.25) is 11.8 Å². The van der Waals surface area contributed by atoms with Crippen LogP contribution in [-0.4, -0.2) is 96.7 Å². The highest BCUT2D eigenvalue weighted by molar-refractivity contribution is 6.02. The Morgan fingerprint density at radius 1 is 0.931 bits per heavy atom. The van der Waals surface area contributed by atoms with Crippen molar-refractivity contribution < 1.29 is 47.4 Å². The number of carbonyl (C=O) groups excluding carboxylic acids is 6. The number of hydrogen-bond acceptors (Lipinski definition) is 9. The average molecular weight is 803 g/mol. The number of ether oxygens (including phenoxy) is 3. The van der Waals surface area contributed by atoms with E-state index in [1.807, 2.05) is 30.3 Å². The molecule has 3 atom stereocenters. The van der Waals surface area contributed by atoms with E-state index in [0.717, 1.165) is 16.5 Å². The summed E-state index contributed by atoms with van der Waals surface area (Å²) in [4.78, 5) is 82.8. The maximum atomic E-state index is 15.2. The average Bonchev–Trinajstić information content (AvgIpc) is 3.60. The second-order valence-electron chi connectivity index (χ2n) is 15.2. The van der Waals surface area contributed by atoms with Crippen LogP contribution in [0, 0.1) is 11.7 Å². The number of amides is 6. The largest absolute Gasteiger partial charge is 0.445 e. The predicted molar refractivity (Wildman–Crippen MR) is 211 cm³/mol. The van der Waals surface area contributed by atoms with Crippen molar-refractivity contribution in [3.05, 3.63) is 101 Å². The summed E-state index contributed by atoms with van der Waals surface area (Å²) >= 11 is 0. The molecule has 5 rings (SSSR count). The zero-order valence-corrected chi connectivity index (χ0v) is 33.3. The lowest BCUT2D eigenvalue weighted by Crippen LogP contribution is -2.57. The Morgan fingerprint density at radius 3 is 2.31 bits per heavy atom. The molecule has 58 heavy (non-hydrogen) atoms. The number of nitrogens with one attached hydrogen (secondary N) is 4. The van der Waals surface area contributed by atoms with Gasteiger partial charge in [0, 0.05) is 45.5 Å². The van der Waals surface area contributed by atoms with E-state index in [1.54, 1.807) is 45.0 Å². The maximum Gasteiger partial charge on any atom is 0.410 e. The van der Waals surface area contributed by atoms with Crippen molar-refractivity contribution in [2.24, 2.45) is 5.92 Å². The molecular weight excluding hydrogens is 751 g/mol. The topological polar surface area (TPSA) is 185 Å². The minimum atomic E-state index is -1.21. The summed E-state index contributed by atoms with van der Waals surface area (Å²) in [5, 5.41) is 10.6. The highest BCUT2D eigenvalue weighted by Crippen LogP contribution is 2.36. The molecule has 16 heteroatoms. The summed E-state index contributed by atoms with van der Waals surface area (Å²) in [6, 6.07) is 16.3. The predicted octanol–water partition coefficient (Wildman–Crippen LogP) is 4.67. The van der Waals surface area contributed by atoms with Crippen LogP contribution in [0.2, 0.25) is 0 Å². The number of rotatable bonds is 13. The van der Waals surface area contributed by atoms with Crippen molar-refractivity contribution in [2.45, 2.75) is 77.4 Å². The molecule has 0 saturated carbocycles. The molecule has 0 aromatic heterocycles. The van der Waals surface area contributed by atoms with Gasteiger partial charge >= 0.3 is 12.2 Å². The molecule has 15 nitrogen and oxygen atoms in total. The Hall–Kier alpha value is -6.03. The molecule has 6 amide bonds. The summed E-state index contributed by atoms with van der Waals surface area (Å²) in [5.41, 5.74) is 0.991. The third-order valence-corrected chi connectivity index (χ3v) is 9.86. The monoisotopic (exact) mass is 802 g/mol. The van der Waals surface area contributed by atoms with Gasteiger partial charge < -0.3 is 40.4 Å². The van der Waals surface area contributed by atoms with E-state index >= 15 is 4.39 Å². The van der Waals surface area contributed by atoms with Crippen molar-refractivity contribution in [1.82, 2.24) is 25.8 Å². The van der Waals surface area contributed by atoms with Gasteiger partial charge in [-0.1, -0.05) is 54.6 Å². The number of fused-ring (bicyclic) bond motifs is 1. The molecule has 2 aliphatic heterocycles. The fourth-order valence-electron chi connectivity index (χ4n) is 6.61. The number of carbonyl (C=O) groups is 6. The fraction of sp³-hybridized carbons (Fsp3) is 0.429. The first kappa shape index (κ1) is 43.1. The number of likely N-dealkylation sites (N-methyl/N-ethyl adjacent to an activating group) is 1. The second-order valence-corrected chi connectivity index (χ2v) is 15.2. The second kappa shape index (κ2) is 19.4. The molecule has 3 aromatic carbocycles. The van der Waals surface area contributed by atoms with Crippen molar-refractivity contribution in [1.29, 1.82) is 0 Å². The van der Waals surface area contributed by atoms with Crippen molar-refractivity contribution in [2.75, 3.05) is 38.7 Å². The number of halogens is 1. The van der Waals surface area contributed by atoms with E-state index in [2.05, 4.69) is 21.3 Å². The van der Waals surface area contributed by atoms with Crippen LogP contribution in [0.5, 0.6) is 0 Å².